The van der Waals surface area contributed by atoms with Crippen molar-refractivity contribution in [2.45, 2.75) is 19.3 Å². The number of hydrogen-bond donors (Lipinski definition) is 1. The molecule has 20 heavy (non-hydrogen) atoms. The molecule has 0 saturated carbocycles. The van der Waals surface area contributed by atoms with E-state index in [1.807, 2.05) is 0 Å². The van der Waals surface area contributed by atoms with Crippen LogP contribution in [0.5, 0.6) is 0 Å². The van der Waals surface area contributed by atoms with Crippen LogP contribution in [0.15, 0.2) is 24.8 Å². The lowest BCUT2D eigenvalue weighted by Crippen LogP contribution is -2.49. The number of carbonyl (C=O) groups excluding carboxylic acids is 1. The van der Waals surface area contributed by atoms with Gasteiger partial charge in [-0.2, -0.15) is 0 Å². The number of hydrogen-bond acceptors (Lipinski definition) is 3. The predicted octanol–water partition coefficient (Wildman–Crippen LogP) is 3.28. The molecule has 4 nitrogen and oxygen atoms in total. The molecule has 0 aliphatic carbocycles. The van der Waals surface area contributed by atoms with E-state index in [1.165, 1.54) is 11.3 Å². The zero-order chi connectivity index (χ0) is 14.8. The maximum atomic E-state index is 12.4. The smallest absolute Gasteiger partial charge is 0.311 e. The van der Waals surface area contributed by atoms with E-state index in [0.717, 1.165) is 0 Å². The van der Waals surface area contributed by atoms with Crippen molar-refractivity contribution in [3.05, 3.63) is 34.0 Å². The minimum absolute atomic E-state index is 0.142. The lowest BCUT2D eigenvalue weighted by Gasteiger charge is -2.39. The van der Waals surface area contributed by atoms with E-state index < -0.39 is 11.4 Å². The highest BCUT2D eigenvalue weighted by molar-refractivity contribution is 7.17. The summed E-state index contributed by atoms with van der Waals surface area (Å²) < 4.78 is 0.556. The summed E-state index contributed by atoms with van der Waals surface area (Å²) in [6, 6.07) is 3.36. The Morgan fingerprint density at radius 2 is 2.30 bits per heavy atom. The molecule has 6 heteroatoms. The van der Waals surface area contributed by atoms with Gasteiger partial charge in [0.1, 0.15) is 0 Å². The zero-order valence-electron chi connectivity index (χ0n) is 11.0. The molecular formula is C14H16ClNO3S. The van der Waals surface area contributed by atoms with E-state index in [-0.39, 0.29) is 12.5 Å². The molecule has 1 aliphatic heterocycles. The van der Waals surface area contributed by atoms with Crippen molar-refractivity contribution in [2.75, 3.05) is 13.1 Å². The molecule has 1 fully saturated rings. The second kappa shape index (κ2) is 5.97. The van der Waals surface area contributed by atoms with Gasteiger partial charge in [-0.3, -0.25) is 9.59 Å². The van der Waals surface area contributed by atoms with Gasteiger partial charge in [0.15, 0.2) is 0 Å². The Bertz CT molecular complexity index is 542. The molecule has 0 bridgehead atoms. The van der Waals surface area contributed by atoms with Crippen molar-refractivity contribution >= 4 is 34.8 Å². The first-order valence-electron chi connectivity index (χ1n) is 6.37. The quantitative estimate of drug-likeness (QED) is 0.868. The Hall–Kier alpha value is -1.33. The number of amides is 1. The topological polar surface area (TPSA) is 57.6 Å². The van der Waals surface area contributed by atoms with E-state index in [0.29, 0.717) is 35.0 Å². The molecule has 1 saturated heterocycles. The predicted molar refractivity (Wildman–Crippen MR) is 79.3 cm³/mol. The fourth-order valence-electron chi connectivity index (χ4n) is 2.59. The van der Waals surface area contributed by atoms with Crippen LogP contribution in [0.3, 0.4) is 0 Å². The molecule has 1 aromatic rings. The third-order valence-corrected chi connectivity index (χ3v) is 4.86. The second-order valence-electron chi connectivity index (χ2n) is 5.01. The Morgan fingerprint density at radius 3 is 2.85 bits per heavy atom. The van der Waals surface area contributed by atoms with Gasteiger partial charge in [0.2, 0.25) is 0 Å². The Kier molecular flexibility index (Phi) is 4.50. The maximum absolute atomic E-state index is 12.4. The van der Waals surface area contributed by atoms with Crippen LogP contribution in [0, 0.1) is 5.41 Å². The highest BCUT2D eigenvalue weighted by atomic mass is 35.5. The number of likely N-dealkylation sites (tertiary alicyclic amines) is 1. The molecule has 2 rings (SSSR count). The molecular weight excluding hydrogens is 298 g/mol. The molecule has 1 aliphatic rings. The highest BCUT2D eigenvalue weighted by Crippen LogP contribution is 2.35. The van der Waals surface area contributed by atoms with Crippen molar-refractivity contribution < 1.29 is 14.7 Å². The van der Waals surface area contributed by atoms with Gasteiger partial charge < -0.3 is 10.0 Å². The normalized spacial score (nSPS) is 22.6. The van der Waals surface area contributed by atoms with E-state index >= 15 is 0 Å². The fourth-order valence-corrected chi connectivity index (χ4v) is 3.61. The van der Waals surface area contributed by atoms with Gasteiger partial charge in [-0.25, -0.2) is 0 Å². The largest absolute Gasteiger partial charge is 0.481 e. The van der Waals surface area contributed by atoms with Gasteiger partial charge in [0.25, 0.3) is 5.91 Å². The molecule has 0 aromatic carbocycles. The van der Waals surface area contributed by atoms with Gasteiger partial charge in [-0.05, 0) is 31.4 Å². The number of allylic oxidation sites excluding steroid dienone is 1. The first-order valence-corrected chi connectivity index (χ1v) is 7.57. The van der Waals surface area contributed by atoms with E-state index in [4.69, 9.17) is 11.6 Å². The number of carboxylic acids is 1. The second-order valence-corrected chi connectivity index (χ2v) is 6.73. The van der Waals surface area contributed by atoms with Gasteiger partial charge in [-0.15, -0.1) is 17.9 Å². The van der Waals surface area contributed by atoms with Crippen LogP contribution in [0.25, 0.3) is 0 Å². The minimum Gasteiger partial charge on any atom is -0.481 e. The summed E-state index contributed by atoms with van der Waals surface area (Å²) in [6.07, 6.45) is 3.25. The highest BCUT2D eigenvalue weighted by Gasteiger charge is 2.42. The van der Waals surface area contributed by atoms with Gasteiger partial charge >= 0.3 is 5.97 Å². The summed E-state index contributed by atoms with van der Waals surface area (Å²) in [4.78, 5) is 26.1. The minimum atomic E-state index is -0.906. The molecule has 1 atom stereocenters. The van der Waals surface area contributed by atoms with Crippen molar-refractivity contribution in [3.8, 4) is 0 Å². The van der Waals surface area contributed by atoms with Crippen molar-refractivity contribution in [3.63, 3.8) is 0 Å². The van der Waals surface area contributed by atoms with Crippen LogP contribution in [0.4, 0.5) is 0 Å². The molecule has 1 N–H and O–H groups in total. The molecule has 1 aromatic heterocycles. The Labute approximate surface area is 126 Å². The summed E-state index contributed by atoms with van der Waals surface area (Å²) in [5.41, 5.74) is -0.906. The Morgan fingerprint density at radius 1 is 1.55 bits per heavy atom. The number of rotatable bonds is 4. The van der Waals surface area contributed by atoms with Crippen molar-refractivity contribution in [1.29, 1.82) is 0 Å². The number of nitrogens with zero attached hydrogens (tertiary/aromatic N) is 1. The summed E-state index contributed by atoms with van der Waals surface area (Å²) in [6.45, 7) is 4.44. The molecule has 1 unspecified atom stereocenters. The molecule has 1 amide bonds. The Balaban J connectivity index is 2.19. The maximum Gasteiger partial charge on any atom is 0.311 e. The van der Waals surface area contributed by atoms with Crippen LogP contribution in [0.2, 0.25) is 4.34 Å². The third kappa shape index (κ3) is 2.88. The average molecular weight is 314 g/mol. The van der Waals surface area contributed by atoms with Crippen molar-refractivity contribution in [1.82, 2.24) is 4.90 Å². The first kappa shape index (κ1) is 15.1. The monoisotopic (exact) mass is 313 g/mol. The van der Waals surface area contributed by atoms with Crippen LogP contribution in [-0.4, -0.2) is 35.0 Å². The lowest BCUT2D eigenvalue weighted by atomic mass is 9.77. The van der Waals surface area contributed by atoms with E-state index in [2.05, 4.69) is 6.58 Å². The molecule has 0 spiro atoms. The molecule has 108 valence electrons. The number of piperidine rings is 1. The number of carbonyl (C=O) groups is 2. The lowest BCUT2D eigenvalue weighted by molar-refractivity contribution is -0.151. The average Bonchev–Trinajstić information content (AvgIpc) is 2.85. The number of thiophene rings is 1. The molecule has 2 heterocycles. The van der Waals surface area contributed by atoms with Gasteiger partial charge in [0.05, 0.1) is 14.6 Å². The summed E-state index contributed by atoms with van der Waals surface area (Å²) in [5.74, 6) is -1.00. The van der Waals surface area contributed by atoms with Crippen LogP contribution < -0.4 is 0 Å². The van der Waals surface area contributed by atoms with E-state index in [1.54, 1.807) is 23.1 Å². The standard InChI is InChI=1S/C14H16ClNO3S/c1-2-6-14(13(18)19)7-3-8-16(9-14)12(17)10-4-5-11(15)20-10/h2,4-5H,1,3,6-9H2,(H,18,19). The zero-order valence-corrected chi connectivity index (χ0v) is 12.5. The van der Waals surface area contributed by atoms with Crippen molar-refractivity contribution in [2.24, 2.45) is 5.41 Å². The summed E-state index contributed by atoms with van der Waals surface area (Å²) >= 11 is 7.06. The van der Waals surface area contributed by atoms with Crippen LogP contribution in [0.1, 0.15) is 28.9 Å². The number of halogens is 1. The number of carboxylic acid groups (broad SMARTS) is 1. The van der Waals surface area contributed by atoms with Gasteiger partial charge in [-0.1, -0.05) is 17.7 Å². The summed E-state index contributed by atoms with van der Waals surface area (Å²) in [5, 5.41) is 9.49. The van der Waals surface area contributed by atoms with Crippen LogP contribution in [-0.2, 0) is 4.79 Å². The fraction of sp³-hybridized carbons (Fsp3) is 0.429. The SMILES string of the molecule is C=CCC1(C(=O)O)CCCN(C(=O)c2ccc(Cl)s2)C1. The first-order chi connectivity index (χ1) is 9.48. The van der Waals surface area contributed by atoms with Crippen LogP contribution >= 0.6 is 22.9 Å². The van der Waals surface area contributed by atoms with Gasteiger partial charge in [0, 0.05) is 13.1 Å². The van der Waals surface area contributed by atoms with E-state index in [9.17, 15) is 14.7 Å². The molecule has 0 radical (unpaired) electrons. The third-order valence-electron chi connectivity index (χ3n) is 3.64. The number of aliphatic carboxylic acids is 1. The summed E-state index contributed by atoms with van der Waals surface area (Å²) in [7, 11) is 0.